The summed E-state index contributed by atoms with van der Waals surface area (Å²) in [6, 6.07) is 19.5. The fourth-order valence-corrected chi connectivity index (χ4v) is 6.02. The third-order valence-electron chi connectivity index (χ3n) is 6.87. The zero-order chi connectivity index (χ0) is 25.6. The molecule has 0 spiro atoms. The Morgan fingerprint density at radius 3 is 2.31 bits per heavy atom. The Morgan fingerprint density at radius 2 is 1.64 bits per heavy atom. The molecule has 190 valence electrons. The van der Waals surface area contributed by atoms with Crippen molar-refractivity contribution in [3.8, 4) is 0 Å². The van der Waals surface area contributed by atoms with Gasteiger partial charge in [-0.1, -0.05) is 72.8 Å². The van der Waals surface area contributed by atoms with Crippen LogP contribution in [0.4, 0.5) is 4.39 Å². The molecule has 8 heteroatoms. The maximum atomic E-state index is 13.9. The van der Waals surface area contributed by atoms with Gasteiger partial charge in [-0.2, -0.15) is 17.4 Å². The van der Waals surface area contributed by atoms with Gasteiger partial charge in [0.05, 0.1) is 5.41 Å². The predicted octanol–water partition coefficient (Wildman–Crippen LogP) is 4.25. The molecule has 1 fully saturated rings. The van der Waals surface area contributed by atoms with Crippen LogP contribution in [-0.4, -0.2) is 50.2 Å². The van der Waals surface area contributed by atoms with Gasteiger partial charge in [0.15, 0.2) is 0 Å². The van der Waals surface area contributed by atoms with Crippen LogP contribution in [0.5, 0.6) is 0 Å². The monoisotopic (exact) mass is 509 g/mol. The minimum Gasteiger partial charge on any atom is -0.341 e. The number of piperidine rings is 1. The summed E-state index contributed by atoms with van der Waals surface area (Å²) in [6.07, 6.45) is 7.33. The first-order chi connectivity index (χ1) is 17.3. The van der Waals surface area contributed by atoms with E-state index in [1.807, 2.05) is 60.7 Å². The minimum absolute atomic E-state index is 0.00849. The van der Waals surface area contributed by atoms with Gasteiger partial charge < -0.3 is 4.90 Å². The van der Waals surface area contributed by atoms with Crippen molar-refractivity contribution in [1.29, 1.82) is 0 Å². The Kier molecular flexibility index (Phi) is 8.18. The average Bonchev–Trinajstić information content (AvgIpc) is 3.12. The molecule has 1 aliphatic carbocycles. The summed E-state index contributed by atoms with van der Waals surface area (Å²) in [5.41, 5.74) is 1.85. The Morgan fingerprint density at radius 1 is 1.00 bits per heavy atom. The van der Waals surface area contributed by atoms with Crippen molar-refractivity contribution in [3.05, 3.63) is 107 Å². The van der Waals surface area contributed by atoms with Gasteiger partial charge in [-0.3, -0.25) is 4.79 Å². The molecule has 1 heterocycles. The molecular formula is C28H32FN3O3S. The fourth-order valence-electron chi connectivity index (χ4n) is 4.83. The van der Waals surface area contributed by atoms with Crippen molar-refractivity contribution in [3.63, 3.8) is 0 Å². The number of carbonyl (C=O) groups is 1. The van der Waals surface area contributed by atoms with Crippen molar-refractivity contribution in [2.75, 3.05) is 26.7 Å². The minimum atomic E-state index is -3.76. The van der Waals surface area contributed by atoms with Gasteiger partial charge in [0.2, 0.25) is 5.91 Å². The third kappa shape index (κ3) is 6.00. The molecule has 0 aromatic heterocycles. The molecule has 0 unspecified atom stereocenters. The maximum absolute atomic E-state index is 13.9. The van der Waals surface area contributed by atoms with E-state index in [-0.39, 0.29) is 31.4 Å². The van der Waals surface area contributed by atoms with Crippen molar-refractivity contribution in [2.45, 2.75) is 31.2 Å². The lowest BCUT2D eigenvalue weighted by molar-refractivity contribution is -0.138. The summed E-state index contributed by atoms with van der Waals surface area (Å²) in [7, 11) is -1.96. The van der Waals surface area contributed by atoms with E-state index in [1.54, 1.807) is 24.1 Å². The molecule has 2 aromatic carbocycles. The van der Waals surface area contributed by atoms with Gasteiger partial charge in [-0.25, -0.2) is 4.39 Å². The first-order valence-electron chi connectivity index (χ1n) is 12.1. The number of allylic oxidation sites excluding steroid dienone is 4. The first-order valence-corrected chi connectivity index (χ1v) is 13.6. The number of nitrogens with one attached hydrogen (secondary N) is 1. The number of carbonyl (C=O) groups excluding carboxylic acids is 1. The van der Waals surface area contributed by atoms with Gasteiger partial charge in [0, 0.05) is 33.2 Å². The molecule has 36 heavy (non-hydrogen) atoms. The van der Waals surface area contributed by atoms with Crippen LogP contribution in [0.3, 0.4) is 0 Å². The molecule has 0 saturated carbocycles. The molecular weight excluding hydrogens is 477 g/mol. The number of nitrogens with zero attached hydrogens (tertiary/aromatic N) is 2. The average molecular weight is 510 g/mol. The Balaban J connectivity index is 1.47. The fraction of sp³-hybridized carbons (Fsp3) is 0.321. The topological polar surface area (TPSA) is 69.7 Å². The smallest absolute Gasteiger partial charge is 0.279 e. The molecule has 1 N–H and O–H groups in total. The number of rotatable bonds is 8. The van der Waals surface area contributed by atoms with Gasteiger partial charge in [0.25, 0.3) is 10.2 Å². The van der Waals surface area contributed by atoms with E-state index in [2.05, 4.69) is 4.72 Å². The van der Waals surface area contributed by atoms with Gasteiger partial charge in [-0.05, 0) is 48.1 Å². The van der Waals surface area contributed by atoms with E-state index < -0.39 is 15.6 Å². The number of amides is 1. The predicted molar refractivity (Wildman–Crippen MR) is 140 cm³/mol. The van der Waals surface area contributed by atoms with Gasteiger partial charge in [-0.15, -0.1) is 0 Å². The highest BCUT2D eigenvalue weighted by atomic mass is 32.2. The SMILES string of the molecule is CN(Cc1ccccc1)C(=O)C1(c2ccccc2)CCN(S(=O)(=O)NCC2=CCC=C(F)C=C2)CC1. The molecule has 1 aliphatic heterocycles. The maximum Gasteiger partial charge on any atom is 0.279 e. The summed E-state index contributed by atoms with van der Waals surface area (Å²) in [4.78, 5) is 15.6. The zero-order valence-corrected chi connectivity index (χ0v) is 21.3. The van der Waals surface area contributed by atoms with E-state index in [1.165, 1.54) is 16.5 Å². The molecule has 2 aromatic rings. The van der Waals surface area contributed by atoms with Gasteiger partial charge in [0.1, 0.15) is 5.83 Å². The van der Waals surface area contributed by atoms with Gasteiger partial charge >= 0.3 is 0 Å². The van der Waals surface area contributed by atoms with Crippen molar-refractivity contribution in [2.24, 2.45) is 0 Å². The summed E-state index contributed by atoms with van der Waals surface area (Å²) in [5.74, 6) is -0.342. The molecule has 4 rings (SSSR count). The normalized spacial score (nSPS) is 18.2. The lowest BCUT2D eigenvalue weighted by Gasteiger charge is -2.42. The summed E-state index contributed by atoms with van der Waals surface area (Å²) in [5, 5.41) is 0. The van der Waals surface area contributed by atoms with Crippen LogP contribution >= 0.6 is 0 Å². The van der Waals surface area contributed by atoms with Crippen LogP contribution in [0.2, 0.25) is 0 Å². The standard InChI is InChI=1S/C28H32FN3O3S/c1-31(22-24-9-4-2-5-10-24)27(33)28(25-12-6-3-7-13-25)17-19-32(20-18-28)36(34,35)30-21-23-11-8-14-26(29)16-15-23/h2-7,9-16,30H,8,17-22H2,1H3. The zero-order valence-electron chi connectivity index (χ0n) is 20.4. The van der Waals surface area contributed by atoms with Crippen LogP contribution in [-0.2, 0) is 27.0 Å². The van der Waals surface area contributed by atoms with E-state index in [4.69, 9.17) is 0 Å². The lowest BCUT2D eigenvalue weighted by atomic mass is 9.72. The highest BCUT2D eigenvalue weighted by molar-refractivity contribution is 7.87. The quantitative estimate of drug-likeness (QED) is 0.578. The van der Waals surface area contributed by atoms with Crippen LogP contribution in [0.1, 0.15) is 30.4 Å². The van der Waals surface area contributed by atoms with E-state index >= 15 is 0 Å². The van der Waals surface area contributed by atoms with Crippen LogP contribution in [0.25, 0.3) is 0 Å². The highest BCUT2D eigenvalue weighted by Gasteiger charge is 2.46. The Labute approximate surface area is 213 Å². The van der Waals surface area contributed by atoms with Crippen molar-refractivity contribution in [1.82, 2.24) is 13.9 Å². The number of likely N-dealkylation sites (N-methyl/N-ethyl adjacent to an activating group) is 1. The number of hydrogen-bond donors (Lipinski definition) is 1. The molecule has 0 bridgehead atoms. The second kappa shape index (κ2) is 11.3. The molecule has 2 aliphatic rings. The number of benzene rings is 2. The molecule has 1 saturated heterocycles. The van der Waals surface area contributed by atoms with Crippen LogP contribution in [0, 0.1) is 0 Å². The van der Waals surface area contributed by atoms with E-state index in [9.17, 15) is 17.6 Å². The summed E-state index contributed by atoms with van der Waals surface area (Å²) < 4.78 is 43.5. The lowest BCUT2D eigenvalue weighted by Crippen LogP contribution is -2.54. The molecule has 6 nitrogen and oxygen atoms in total. The highest BCUT2D eigenvalue weighted by Crippen LogP contribution is 2.38. The molecule has 0 radical (unpaired) electrons. The van der Waals surface area contributed by atoms with E-state index in [0.717, 1.165) is 11.1 Å². The van der Waals surface area contributed by atoms with Crippen LogP contribution in [0.15, 0.2) is 96.4 Å². The third-order valence-corrected chi connectivity index (χ3v) is 8.42. The summed E-state index contributed by atoms with van der Waals surface area (Å²) in [6.45, 7) is 1.01. The van der Waals surface area contributed by atoms with Crippen molar-refractivity contribution >= 4 is 16.1 Å². The Hall–Kier alpha value is -3.07. The number of halogens is 1. The first kappa shape index (κ1) is 26.0. The second-order valence-electron chi connectivity index (χ2n) is 9.26. The summed E-state index contributed by atoms with van der Waals surface area (Å²) >= 11 is 0. The van der Waals surface area contributed by atoms with E-state index in [0.29, 0.717) is 31.4 Å². The number of hydrogen-bond acceptors (Lipinski definition) is 3. The Bertz CT molecular complexity index is 1250. The molecule has 1 amide bonds. The second-order valence-corrected chi connectivity index (χ2v) is 11.0. The largest absolute Gasteiger partial charge is 0.341 e. The van der Waals surface area contributed by atoms with Crippen molar-refractivity contribution < 1.29 is 17.6 Å². The van der Waals surface area contributed by atoms with Crippen LogP contribution < -0.4 is 4.72 Å². The molecule has 0 atom stereocenters.